The lowest BCUT2D eigenvalue weighted by atomic mass is 10.1. The molecule has 1 fully saturated rings. The molecule has 3 aromatic heterocycles. The van der Waals surface area contributed by atoms with Gasteiger partial charge in [0.2, 0.25) is 0 Å². The molecule has 1 amide bonds. The molecule has 1 N–H and O–H groups in total. The number of carbonyl (C=O) groups is 1. The Balaban J connectivity index is 1.38. The van der Waals surface area contributed by atoms with Gasteiger partial charge in [0.1, 0.15) is 11.5 Å². The number of aromatic nitrogens is 5. The van der Waals surface area contributed by atoms with E-state index in [0.717, 1.165) is 29.8 Å². The molecule has 32 heavy (non-hydrogen) atoms. The number of nitrogens with zero attached hydrogens (tertiary/aromatic N) is 5. The van der Waals surface area contributed by atoms with Crippen molar-refractivity contribution in [1.82, 2.24) is 29.8 Å². The van der Waals surface area contributed by atoms with E-state index in [1.807, 2.05) is 11.0 Å². The van der Waals surface area contributed by atoms with Crippen LogP contribution in [0, 0.1) is 5.82 Å². The highest BCUT2D eigenvalue weighted by atomic mass is 19.1. The Bertz CT molecular complexity index is 1240. The quantitative estimate of drug-likeness (QED) is 0.520. The summed E-state index contributed by atoms with van der Waals surface area (Å²) in [6, 6.07) is 9.77. The lowest BCUT2D eigenvalue weighted by Crippen LogP contribution is -2.31. The topological polar surface area (TPSA) is 87.7 Å². The van der Waals surface area contributed by atoms with Crippen LogP contribution >= 0.6 is 0 Å². The van der Waals surface area contributed by atoms with Crippen LogP contribution in [0.2, 0.25) is 0 Å². The number of hydrogen-bond acceptors (Lipinski definition) is 5. The third-order valence-electron chi connectivity index (χ3n) is 5.59. The number of likely N-dealkylation sites (tertiary alicyclic amines) is 1. The first-order valence-electron chi connectivity index (χ1n) is 10.5. The SMILES string of the molecule is O=C(c1ccnc(Cc2cccc(F)c2)c1)N1CCCC1c1cncc(-c2ncc[nH]2)n1. The Kier molecular flexibility index (Phi) is 5.41. The van der Waals surface area contributed by atoms with Crippen LogP contribution in [0.5, 0.6) is 0 Å². The van der Waals surface area contributed by atoms with E-state index in [2.05, 4.69) is 19.9 Å². The van der Waals surface area contributed by atoms with Gasteiger partial charge in [-0.15, -0.1) is 0 Å². The van der Waals surface area contributed by atoms with Crippen molar-refractivity contribution in [3.8, 4) is 11.5 Å². The van der Waals surface area contributed by atoms with Gasteiger partial charge in [-0.05, 0) is 42.7 Å². The van der Waals surface area contributed by atoms with Gasteiger partial charge in [-0.25, -0.2) is 14.4 Å². The van der Waals surface area contributed by atoms with Crippen molar-refractivity contribution in [2.45, 2.75) is 25.3 Å². The minimum atomic E-state index is -0.285. The van der Waals surface area contributed by atoms with Crippen LogP contribution in [0.15, 0.2) is 67.4 Å². The average molecular weight is 428 g/mol. The van der Waals surface area contributed by atoms with Crippen LogP contribution in [-0.4, -0.2) is 42.3 Å². The van der Waals surface area contributed by atoms with Gasteiger partial charge in [-0.3, -0.25) is 14.8 Å². The van der Waals surface area contributed by atoms with Gasteiger partial charge in [0.15, 0.2) is 5.82 Å². The highest BCUT2D eigenvalue weighted by Gasteiger charge is 2.32. The summed E-state index contributed by atoms with van der Waals surface area (Å²) < 4.78 is 13.5. The van der Waals surface area contributed by atoms with E-state index in [9.17, 15) is 9.18 Å². The van der Waals surface area contributed by atoms with Gasteiger partial charge in [-0.1, -0.05) is 12.1 Å². The first-order valence-corrected chi connectivity index (χ1v) is 10.5. The molecule has 0 radical (unpaired) electrons. The van der Waals surface area contributed by atoms with E-state index < -0.39 is 0 Å². The minimum Gasteiger partial charge on any atom is -0.343 e. The number of nitrogens with one attached hydrogen (secondary N) is 1. The van der Waals surface area contributed by atoms with Crippen LogP contribution in [0.4, 0.5) is 4.39 Å². The molecular formula is C24H21FN6O. The van der Waals surface area contributed by atoms with E-state index in [0.29, 0.717) is 30.0 Å². The normalized spacial score (nSPS) is 15.8. The number of hydrogen-bond donors (Lipinski definition) is 1. The van der Waals surface area contributed by atoms with Crippen molar-refractivity contribution in [3.05, 3.63) is 95.7 Å². The number of imidazole rings is 1. The van der Waals surface area contributed by atoms with Crippen LogP contribution in [0.1, 0.15) is 46.2 Å². The third-order valence-corrected chi connectivity index (χ3v) is 5.59. The average Bonchev–Trinajstić information content (AvgIpc) is 3.51. The van der Waals surface area contributed by atoms with Crippen molar-refractivity contribution in [2.24, 2.45) is 0 Å². The monoisotopic (exact) mass is 428 g/mol. The molecule has 1 unspecified atom stereocenters. The van der Waals surface area contributed by atoms with Gasteiger partial charge >= 0.3 is 0 Å². The Morgan fingerprint density at radius 1 is 1.16 bits per heavy atom. The molecule has 160 valence electrons. The second kappa shape index (κ2) is 8.66. The van der Waals surface area contributed by atoms with Gasteiger partial charge < -0.3 is 9.88 Å². The molecule has 4 heterocycles. The number of amides is 1. The number of aromatic amines is 1. The van der Waals surface area contributed by atoms with Crippen LogP contribution in [0.25, 0.3) is 11.5 Å². The molecule has 0 spiro atoms. The Morgan fingerprint density at radius 2 is 2.09 bits per heavy atom. The van der Waals surface area contributed by atoms with E-state index in [1.54, 1.807) is 49.2 Å². The second-order valence-electron chi connectivity index (χ2n) is 7.77. The summed E-state index contributed by atoms with van der Waals surface area (Å²) in [6.07, 6.45) is 10.6. The Morgan fingerprint density at radius 3 is 2.94 bits per heavy atom. The summed E-state index contributed by atoms with van der Waals surface area (Å²) in [5.41, 5.74) is 3.49. The fraction of sp³-hybridized carbons (Fsp3) is 0.208. The summed E-state index contributed by atoms with van der Waals surface area (Å²) in [5, 5.41) is 0. The molecule has 1 aliphatic heterocycles. The number of carbonyl (C=O) groups excluding carboxylic acids is 1. The van der Waals surface area contributed by atoms with Gasteiger partial charge in [0.05, 0.1) is 24.1 Å². The van der Waals surface area contributed by atoms with E-state index in [4.69, 9.17) is 4.98 Å². The molecular weight excluding hydrogens is 407 g/mol. The smallest absolute Gasteiger partial charge is 0.254 e. The maximum absolute atomic E-state index is 13.5. The molecule has 0 saturated carbocycles. The van der Waals surface area contributed by atoms with E-state index in [-0.39, 0.29) is 17.8 Å². The lowest BCUT2D eigenvalue weighted by molar-refractivity contribution is 0.0732. The molecule has 5 rings (SSSR count). The number of pyridine rings is 1. The largest absolute Gasteiger partial charge is 0.343 e. The second-order valence-corrected chi connectivity index (χ2v) is 7.77. The first kappa shape index (κ1) is 20.0. The first-order chi connectivity index (χ1) is 15.7. The molecule has 1 atom stereocenters. The zero-order valence-corrected chi connectivity index (χ0v) is 17.3. The van der Waals surface area contributed by atoms with Crippen molar-refractivity contribution < 1.29 is 9.18 Å². The number of benzene rings is 1. The van der Waals surface area contributed by atoms with E-state index >= 15 is 0 Å². The summed E-state index contributed by atoms with van der Waals surface area (Å²) in [7, 11) is 0. The van der Waals surface area contributed by atoms with Crippen molar-refractivity contribution in [1.29, 1.82) is 0 Å². The molecule has 1 aliphatic rings. The third kappa shape index (κ3) is 4.12. The Hall–Kier alpha value is -3.94. The molecule has 8 heteroatoms. The van der Waals surface area contributed by atoms with Crippen LogP contribution in [-0.2, 0) is 6.42 Å². The molecule has 1 saturated heterocycles. The van der Waals surface area contributed by atoms with Crippen molar-refractivity contribution in [2.75, 3.05) is 6.54 Å². The standard InChI is InChI=1S/C24H21FN6O/c25-18-4-1-3-16(11-18)12-19-13-17(6-7-27-19)24(32)31-10-2-5-22(31)20-14-26-15-21(30-20)23-28-8-9-29-23/h1,3-4,6-9,11,13-15,22H,2,5,10,12H2,(H,28,29). The summed E-state index contributed by atoms with van der Waals surface area (Å²) >= 11 is 0. The number of rotatable bonds is 5. The predicted molar refractivity (Wildman–Crippen MR) is 116 cm³/mol. The van der Waals surface area contributed by atoms with Crippen molar-refractivity contribution in [3.63, 3.8) is 0 Å². The highest BCUT2D eigenvalue weighted by Crippen LogP contribution is 2.32. The van der Waals surface area contributed by atoms with Gasteiger partial charge in [0, 0.05) is 42.8 Å². The van der Waals surface area contributed by atoms with E-state index in [1.165, 1.54) is 12.1 Å². The summed E-state index contributed by atoms with van der Waals surface area (Å²) in [5.74, 6) is 0.291. The zero-order valence-electron chi connectivity index (χ0n) is 17.3. The van der Waals surface area contributed by atoms with Crippen LogP contribution in [0.3, 0.4) is 0 Å². The molecule has 7 nitrogen and oxygen atoms in total. The van der Waals surface area contributed by atoms with Crippen LogP contribution < -0.4 is 0 Å². The fourth-order valence-corrected chi connectivity index (χ4v) is 4.11. The van der Waals surface area contributed by atoms with Gasteiger partial charge in [-0.2, -0.15) is 0 Å². The van der Waals surface area contributed by atoms with Gasteiger partial charge in [0.25, 0.3) is 5.91 Å². The van der Waals surface area contributed by atoms with Crippen molar-refractivity contribution >= 4 is 5.91 Å². The highest BCUT2D eigenvalue weighted by molar-refractivity contribution is 5.94. The predicted octanol–water partition coefficient (Wildman–Crippen LogP) is 3.97. The summed E-state index contributed by atoms with van der Waals surface area (Å²) in [4.78, 5) is 35.9. The molecule has 1 aromatic carbocycles. The molecule has 4 aromatic rings. The lowest BCUT2D eigenvalue weighted by Gasteiger charge is -2.24. The zero-order chi connectivity index (χ0) is 21.9. The molecule has 0 aliphatic carbocycles. The summed E-state index contributed by atoms with van der Waals surface area (Å²) in [6.45, 7) is 0.651. The maximum Gasteiger partial charge on any atom is 0.254 e. The minimum absolute atomic E-state index is 0.0689. The molecule has 0 bridgehead atoms. The fourth-order valence-electron chi connectivity index (χ4n) is 4.11. The Labute approximate surface area is 184 Å². The number of H-pyrrole nitrogens is 1. The maximum atomic E-state index is 13.5. The number of halogens is 1.